The highest BCUT2D eigenvalue weighted by Gasteiger charge is 2.32. The monoisotopic (exact) mass is 678 g/mol. The second kappa shape index (κ2) is 20.8. The van der Waals surface area contributed by atoms with Crippen molar-refractivity contribution < 1.29 is 23.9 Å². The molecule has 0 saturated carbocycles. The van der Waals surface area contributed by atoms with Gasteiger partial charge < -0.3 is 42.8 Å². The van der Waals surface area contributed by atoms with Crippen LogP contribution in [0.1, 0.15) is 57.1 Å². The van der Waals surface area contributed by atoms with E-state index < -0.39 is 41.9 Å². The zero-order chi connectivity index (χ0) is 35.6. The van der Waals surface area contributed by atoms with E-state index in [9.17, 15) is 19.2 Å². The Hall–Kier alpha value is -4.49. The van der Waals surface area contributed by atoms with Crippen molar-refractivity contribution in [2.24, 2.45) is 28.1 Å². The summed E-state index contributed by atoms with van der Waals surface area (Å²) in [4.78, 5) is 60.5. The summed E-state index contributed by atoms with van der Waals surface area (Å²) >= 11 is 0. The van der Waals surface area contributed by atoms with E-state index in [0.29, 0.717) is 71.4 Å². The van der Waals surface area contributed by atoms with Crippen LogP contribution in [0.25, 0.3) is 0 Å². The van der Waals surface area contributed by atoms with Gasteiger partial charge in [0, 0.05) is 32.7 Å². The fourth-order valence-electron chi connectivity index (χ4n) is 5.56. The molecule has 0 spiro atoms. The number of nitrogens with one attached hydrogen (secondary N) is 3. The SMILES string of the molecule is CC(C)CCC(NC(=O)[C@@H](Cc1ccccc1)NC(=O)[C@H](N)Cc1ccccc1)C(=O)N[C@H](CCCN=C(N)N)C(=O)N1CCCOCC1. The van der Waals surface area contributed by atoms with Gasteiger partial charge in [0.25, 0.3) is 0 Å². The number of benzene rings is 2. The summed E-state index contributed by atoms with van der Waals surface area (Å²) in [5.41, 5.74) is 19.0. The number of aliphatic imine (C=N–C) groups is 1. The molecular formula is C36H54N8O5. The third-order valence-electron chi connectivity index (χ3n) is 8.31. The van der Waals surface area contributed by atoms with Crippen molar-refractivity contribution >= 4 is 29.6 Å². The number of ether oxygens (including phenoxy) is 1. The van der Waals surface area contributed by atoms with Gasteiger partial charge in [0.05, 0.1) is 12.6 Å². The van der Waals surface area contributed by atoms with Gasteiger partial charge in [-0.1, -0.05) is 74.5 Å². The number of guanidine groups is 1. The fraction of sp³-hybridized carbons (Fsp3) is 0.528. The quantitative estimate of drug-likeness (QED) is 0.0760. The van der Waals surface area contributed by atoms with Crippen molar-refractivity contribution in [2.75, 3.05) is 32.8 Å². The molecule has 13 nitrogen and oxygen atoms in total. The topological polar surface area (TPSA) is 207 Å². The summed E-state index contributed by atoms with van der Waals surface area (Å²) in [6.45, 7) is 6.26. The smallest absolute Gasteiger partial charge is 0.245 e. The summed E-state index contributed by atoms with van der Waals surface area (Å²) < 4.78 is 5.52. The first-order chi connectivity index (χ1) is 23.5. The molecule has 1 aliphatic heterocycles. The van der Waals surface area contributed by atoms with Crippen LogP contribution in [0.15, 0.2) is 65.7 Å². The van der Waals surface area contributed by atoms with Crippen molar-refractivity contribution in [3.63, 3.8) is 0 Å². The van der Waals surface area contributed by atoms with Gasteiger partial charge in [0.1, 0.15) is 18.1 Å². The average molecular weight is 679 g/mol. The lowest BCUT2D eigenvalue weighted by atomic mass is 10.00. The van der Waals surface area contributed by atoms with Crippen molar-refractivity contribution in [3.05, 3.63) is 71.8 Å². The standard InChI is InChI=1S/C36H54N8O5/c1-25(2)16-17-29(33(46)42-30(15-9-18-40-36(38)39)35(48)44-19-10-21-49-22-20-44)41-34(47)31(24-27-13-7-4-8-14-27)43-32(45)28(37)23-26-11-5-3-6-12-26/h3-8,11-14,25,28-31H,9-10,15-24,37H2,1-2H3,(H,41,47)(H,42,46)(H,43,45)(H4,38,39,40)/t28-,29?,30-,31-/m1/s1. The van der Waals surface area contributed by atoms with E-state index in [1.807, 2.05) is 74.5 Å². The minimum absolute atomic E-state index is 0.0498. The van der Waals surface area contributed by atoms with E-state index in [0.717, 1.165) is 11.1 Å². The van der Waals surface area contributed by atoms with Gasteiger partial charge in [0.2, 0.25) is 23.6 Å². The lowest BCUT2D eigenvalue weighted by Crippen LogP contribution is -2.58. The fourth-order valence-corrected chi connectivity index (χ4v) is 5.56. The highest BCUT2D eigenvalue weighted by atomic mass is 16.5. The van der Waals surface area contributed by atoms with Gasteiger partial charge in [-0.3, -0.25) is 24.2 Å². The predicted molar refractivity (Wildman–Crippen MR) is 190 cm³/mol. The van der Waals surface area contributed by atoms with Crippen molar-refractivity contribution in [1.82, 2.24) is 20.9 Å². The largest absolute Gasteiger partial charge is 0.380 e. The molecule has 0 bridgehead atoms. The lowest BCUT2D eigenvalue weighted by Gasteiger charge is -2.29. The van der Waals surface area contributed by atoms with E-state index in [2.05, 4.69) is 20.9 Å². The van der Waals surface area contributed by atoms with E-state index >= 15 is 0 Å². The molecule has 0 aromatic heterocycles. The molecular weight excluding hydrogens is 624 g/mol. The number of carbonyl (C=O) groups is 4. The highest BCUT2D eigenvalue weighted by Crippen LogP contribution is 2.12. The summed E-state index contributed by atoms with van der Waals surface area (Å²) in [6.07, 6.45) is 2.91. The Balaban J connectivity index is 1.79. The van der Waals surface area contributed by atoms with Crippen LogP contribution in [0.3, 0.4) is 0 Å². The third kappa shape index (κ3) is 14.3. The Morgan fingerprint density at radius 1 is 0.755 bits per heavy atom. The van der Waals surface area contributed by atoms with Gasteiger partial charge in [0.15, 0.2) is 5.96 Å². The van der Waals surface area contributed by atoms with Gasteiger partial charge >= 0.3 is 0 Å². The number of rotatable bonds is 18. The first-order valence-electron chi connectivity index (χ1n) is 17.2. The van der Waals surface area contributed by atoms with E-state index in [1.165, 1.54) is 0 Å². The molecule has 2 aromatic rings. The van der Waals surface area contributed by atoms with Crippen LogP contribution in [-0.2, 0) is 36.8 Å². The van der Waals surface area contributed by atoms with Crippen LogP contribution in [0.2, 0.25) is 0 Å². The molecule has 1 fully saturated rings. The van der Waals surface area contributed by atoms with Crippen molar-refractivity contribution in [2.45, 2.75) is 83.0 Å². The van der Waals surface area contributed by atoms with Crippen LogP contribution in [0.5, 0.6) is 0 Å². The molecule has 9 N–H and O–H groups in total. The lowest BCUT2D eigenvalue weighted by molar-refractivity contribution is -0.138. The molecule has 0 aliphatic carbocycles. The summed E-state index contributed by atoms with van der Waals surface area (Å²) in [5.74, 6) is -1.50. The Kier molecular flexibility index (Phi) is 16.5. The Labute approximate surface area is 289 Å². The average Bonchev–Trinajstić information content (AvgIpc) is 3.37. The van der Waals surface area contributed by atoms with Crippen LogP contribution < -0.4 is 33.2 Å². The Morgan fingerprint density at radius 2 is 1.35 bits per heavy atom. The zero-order valence-corrected chi connectivity index (χ0v) is 28.8. The van der Waals surface area contributed by atoms with E-state index in [4.69, 9.17) is 21.9 Å². The number of hydrogen-bond acceptors (Lipinski definition) is 7. The number of hydrogen-bond donors (Lipinski definition) is 6. The third-order valence-corrected chi connectivity index (χ3v) is 8.31. The second-order valence-corrected chi connectivity index (χ2v) is 12.9. The summed E-state index contributed by atoms with van der Waals surface area (Å²) in [5, 5.41) is 8.65. The second-order valence-electron chi connectivity index (χ2n) is 12.9. The van der Waals surface area contributed by atoms with Gasteiger partial charge in [-0.05, 0) is 55.6 Å². The Bertz CT molecular complexity index is 1350. The van der Waals surface area contributed by atoms with Crippen LogP contribution in [0.4, 0.5) is 0 Å². The molecule has 268 valence electrons. The molecule has 3 rings (SSSR count). The van der Waals surface area contributed by atoms with E-state index in [1.54, 1.807) is 4.90 Å². The summed E-state index contributed by atoms with van der Waals surface area (Å²) in [7, 11) is 0. The van der Waals surface area contributed by atoms with Gasteiger partial charge in [-0.15, -0.1) is 0 Å². The number of amides is 4. The van der Waals surface area contributed by atoms with Crippen LogP contribution >= 0.6 is 0 Å². The summed E-state index contributed by atoms with van der Waals surface area (Å²) in [6, 6.07) is 15.0. The molecule has 1 saturated heterocycles. The minimum atomic E-state index is -1.000. The molecule has 49 heavy (non-hydrogen) atoms. The predicted octanol–water partition coefficient (Wildman–Crippen LogP) is 0.992. The number of carbonyl (C=O) groups excluding carboxylic acids is 4. The van der Waals surface area contributed by atoms with Crippen molar-refractivity contribution in [1.29, 1.82) is 0 Å². The molecule has 4 atom stereocenters. The first-order valence-corrected chi connectivity index (χ1v) is 17.2. The molecule has 2 aromatic carbocycles. The normalized spacial score (nSPS) is 15.6. The highest BCUT2D eigenvalue weighted by molar-refractivity contribution is 5.95. The molecule has 1 heterocycles. The van der Waals surface area contributed by atoms with Crippen LogP contribution in [0, 0.1) is 5.92 Å². The van der Waals surface area contributed by atoms with Gasteiger partial charge in [-0.2, -0.15) is 0 Å². The first kappa shape index (κ1) is 39.0. The maximum absolute atomic E-state index is 13.9. The van der Waals surface area contributed by atoms with Gasteiger partial charge in [-0.25, -0.2) is 0 Å². The van der Waals surface area contributed by atoms with E-state index in [-0.39, 0.29) is 24.2 Å². The molecule has 4 amide bonds. The van der Waals surface area contributed by atoms with Crippen LogP contribution in [-0.4, -0.2) is 91.5 Å². The zero-order valence-electron chi connectivity index (χ0n) is 28.8. The van der Waals surface area contributed by atoms with Crippen molar-refractivity contribution in [3.8, 4) is 0 Å². The maximum atomic E-state index is 13.9. The number of nitrogens with zero attached hydrogens (tertiary/aromatic N) is 2. The number of nitrogens with two attached hydrogens (primary N) is 3. The minimum Gasteiger partial charge on any atom is -0.380 e. The molecule has 0 radical (unpaired) electrons. The molecule has 1 unspecified atom stereocenters. The molecule has 13 heteroatoms. The Morgan fingerprint density at radius 3 is 1.98 bits per heavy atom. The molecule has 1 aliphatic rings. The maximum Gasteiger partial charge on any atom is 0.245 e.